The van der Waals surface area contributed by atoms with Gasteiger partial charge in [0.15, 0.2) is 17.1 Å². The van der Waals surface area contributed by atoms with Gasteiger partial charge in [0.2, 0.25) is 11.8 Å². The molecule has 4 N–H and O–H groups in total. The van der Waals surface area contributed by atoms with E-state index in [1.165, 1.54) is 17.2 Å². The minimum atomic E-state index is -0.939. The standard InChI is InChI=1S/C30H33N7O6/c1-18(2)12-24-29-35-25(17-42-29)28(40)33-22(13-19-6-4-3-5-7-19)26(38)32-10-11-37(30(41)20-8-9-31-15-20)16-21-14-23(36-43-21)27(39)34-24/h3-9,14-15,17-18,22,24,31H,10-13,16H2,1-2H3,(H,32,38)(H,33,40)(H,34,39)/t22-,24+/m0/s1. The normalized spacial score (nSPS) is 18.4. The van der Waals surface area contributed by atoms with E-state index >= 15 is 0 Å². The Kier molecular flexibility index (Phi) is 8.99. The van der Waals surface area contributed by atoms with Crippen molar-refractivity contribution in [1.82, 2.24) is 36.0 Å². The van der Waals surface area contributed by atoms with Crippen LogP contribution in [0.2, 0.25) is 0 Å². The highest BCUT2D eigenvalue weighted by Crippen LogP contribution is 2.22. The number of H-pyrrole nitrogens is 1. The minimum Gasteiger partial charge on any atom is -0.446 e. The van der Waals surface area contributed by atoms with Crippen molar-refractivity contribution in [2.24, 2.45) is 5.92 Å². The van der Waals surface area contributed by atoms with Crippen LogP contribution in [0.3, 0.4) is 0 Å². The molecule has 3 aromatic heterocycles. The number of aromatic nitrogens is 3. The SMILES string of the molecule is CC(C)C[C@H]1NC(=O)c2cc(on2)CN(C(=O)c2cc[nH]c2)CCNC(=O)[C@H](Cc2ccccc2)NC(=O)c2coc1n2. The Morgan fingerprint density at radius 3 is 2.56 bits per heavy atom. The molecule has 4 bridgehead atoms. The molecule has 0 saturated carbocycles. The molecule has 4 aromatic rings. The van der Waals surface area contributed by atoms with Gasteiger partial charge in [-0.25, -0.2) is 4.98 Å². The van der Waals surface area contributed by atoms with Crippen LogP contribution in [0.4, 0.5) is 0 Å². The Hall–Kier alpha value is -5.20. The summed E-state index contributed by atoms with van der Waals surface area (Å²) < 4.78 is 11.0. The number of oxazole rings is 1. The summed E-state index contributed by atoms with van der Waals surface area (Å²) in [5.41, 5.74) is 1.25. The molecule has 4 heterocycles. The first-order valence-corrected chi connectivity index (χ1v) is 14.0. The Labute approximate surface area is 247 Å². The van der Waals surface area contributed by atoms with Gasteiger partial charge in [0.05, 0.1) is 12.1 Å². The van der Waals surface area contributed by atoms with Gasteiger partial charge >= 0.3 is 0 Å². The monoisotopic (exact) mass is 587 g/mol. The van der Waals surface area contributed by atoms with E-state index < -0.39 is 29.8 Å². The van der Waals surface area contributed by atoms with Crippen LogP contribution in [0, 0.1) is 5.92 Å². The average Bonchev–Trinajstić information content (AvgIpc) is 3.78. The lowest BCUT2D eigenvalue weighted by Crippen LogP contribution is -2.49. The second-order valence-corrected chi connectivity index (χ2v) is 10.7. The number of amides is 4. The molecule has 0 aliphatic carbocycles. The second kappa shape index (κ2) is 13.2. The zero-order valence-corrected chi connectivity index (χ0v) is 23.8. The minimum absolute atomic E-state index is 0.00284. The Bertz CT molecular complexity index is 1560. The van der Waals surface area contributed by atoms with Crippen LogP contribution >= 0.6 is 0 Å². The topological polar surface area (TPSA) is 175 Å². The van der Waals surface area contributed by atoms with Gasteiger partial charge in [-0.3, -0.25) is 19.2 Å². The quantitative estimate of drug-likeness (QED) is 0.276. The van der Waals surface area contributed by atoms with E-state index in [0.29, 0.717) is 12.0 Å². The molecule has 0 saturated heterocycles. The molecule has 0 fully saturated rings. The van der Waals surface area contributed by atoms with E-state index in [-0.39, 0.29) is 60.9 Å². The molecule has 1 aromatic carbocycles. The first-order chi connectivity index (χ1) is 20.8. The van der Waals surface area contributed by atoms with Gasteiger partial charge in [-0.1, -0.05) is 49.3 Å². The van der Waals surface area contributed by atoms with E-state index in [0.717, 1.165) is 5.56 Å². The summed E-state index contributed by atoms with van der Waals surface area (Å²) in [4.78, 5) is 61.7. The van der Waals surface area contributed by atoms with E-state index in [9.17, 15) is 19.2 Å². The van der Waals surface area contributed by atoms with Crippen molar-refractivity contribution in [3.63, 3.8) is 0 Å². The lowest BCUT2D eigenvalue weighted by atomic mass is 10.0. The molecule has 0 radical (unpaired) electrons. The van der Waals surface area contributed by atoms with Crippen LogP contribution in [0.5, 0.6) is 0 Å². The second-order valence-electron chi connectivity index (χ2n) is 10.7. The van der Waals surface area contributed by atoms with Crippen molar-refractivity contribution in [2.45, 2.75) is 45.3 Å². The number of hydrogen-bond acceptors (Lipinski definition) is 8. The summed E-state index contributed by atoms with van der Waals surface area (Å²) in [5.74, 6) is -1.29. The molecular weight excluding hydrogens is 554 g/mol. The first-order valence-electron chi connectivity index (χ1n) is 14.0. The molecule has 1 aliphatic heterocycles. The number of nitrogens with zero attached hydrogens (tertiary/aromatic N) is 3. The van der Waals surface area contributed by atoms with E-state index in [1.807, 2.05) is 44.2 Å². The number of hydrogen-bond donors (Lipinski definition) is 4. The fourth-order valence-electron chi connectivity index (χ4n) is 4.78. The van der Waals surface area contributed by atoms with Crippen molar-refractivity contribution in [3.8, 4) is 0 Å². The molecule has 4 amide bonds. The van der Waals surface area contributed by atoms with Crippen LogP contribution in [0.1, 0.15) is 74.9 Å². The number of rotatable bonds is 5. The van der Waals surface area contributed by atoms with Gasteiger partial charge < -0.3 is 34.8 Å². The fourth-order valence-corrected chi connectivity index (χ4v) is 4.78. The molecule has 13 nitrogen and oxygen atoms in total. The Morgan fingerprint density at radius 2 is 1.81 bits per heavy atom. The lowest BCUT2D eigenvalue weighted by Gasteiger charge is -2.23. The molecule has 0 spiro atoms. The summed E-state index contributed by atoms with van der Waals surface area (Å²) in [5, 5.41) is 12.4. The molecule has 43 heavy (non-hydrogen) atoms. The van der Waals surface area contributed by atoms with Crippen LogP contribution in [-0.4, -0.2) is 62.8 Å². The summed E-state index contributed by atoms with van der Waals surface area (Å²) in [7, 11) is 0. The molecule has 0 unspecified atom stereocenters. The van der Waals surface area contributed by atoms with Crippen LogP contribution in [-0.2, 0) is 17.8 Å². The van der Waals surface area contributed by atoms with Gasteiger partial charge in [-0.05, 0) is 24.0 Å². The predicted molar refractivity (Wildman–Crippen MR) is 153 cm³/mol. The summed E-state index contributed by atoms with van der Waals surface area (Å²) in [6.07, 6.45) is 5.10. The Balaban J connectivity index is 1.46. The summed E-state index contributed by atoms with van der Waals surface area (Å²) >= 11 is 0. The maximum absolute atomic E-state index is 13.4. The van der Waals surface area contributed by atoms with Gasteiger partial charge in [-0.2, -0.15) is 0 Å². The zero-order chi connectivity index (χ0) is 30.3. The van der Waals surface area contributed by atoms with Crippen molar-refractivity contribution in [1.29, 1.82) is 0 Å². The molecule has 13 heteroatoms. The average molecular weight is 588 g/mol. The third-order valence-electron chi connectivity index (χ3n) is 6.92. The van der Waals surface area contributed by atoms with Gasteiger partial charge in [0.1, 0.15) is 18.3 Å². The number of aromatic amines is 1. The molecular formula is C30H33N7O6. The van der Waals surface area contributed by atoms with E-state index in [1.54, 1.807) is 18.5 Å². The van der Waals surface area contributed by atoms with E-state index in [4.69, 9.17) is 8.94 Å². The number of benzene rings is 1. The number of fused-ring (bicyclic) bond motifs is 4. The molecule has 5 rings (SSSR count). The number of carbonyl (C=O) groups excluding carboxylic acids is 4. The van der Waals surface area contributed by atoms with Gasteiger partial charge in [0.25, 0.3) is 17.7 Å². The maximum Gasteiger partial charge on any atom is 0.274 e. The third kappa shape index (κ3) is 7.36. The summed E-state index contributed by atoms with van der Waals surface area (Å²) in [6.45, 7) is 4.16. The highest BCUT2D eigenvalue weighted by atomic mass is 16.5. The van der Waals surface area contributed by atoms with E-state index in [2.05, 4.69) is 31.1 Å². The van der Waals surface area contributed by atoms with Crippen molar-refractivity contribution in [3.05, 3.63) is 95.3 Å². The van der Waals surface area contributed by atoms with Crippen LogP contribution in [0.15, 0.2) is 70.1 Å². The smallest absolute Gasteiger partial charge is 0.274 e. The first kappa shape index (κ1) is 29.3. The largest absolute Gasteiger partial charge is 0.446 e. The summed E-state index contributed by atoms with van der Waals surface area (Å²) in [6, 6.07) is 10.8. The fraction of sp³-hybridized carbons (Fsp3) is 0.333. The van der Waals surface area contributed by atoms with Crippen LogP contribution in [0.25, 0.3) is 0 Å². The Morgan fingerprint density at radius 1 is 1.05 bits per heavy atom. The molecule has 224 valence electrons. The number of carbonyl (C=O) groups is 4. The van der Waals surface area contributed by atoms with Crippen molar-refractivity contribution in [2.75, 3.05) is 13.1 Å². The third-order valence-corrected chi connectivity index (χ3v) is 6.92. The molecule has 2 atom stereocenters. The van der Waals surface area contributed by atoms with Crippen molar-refractivity contribution < 1.29 is 28.1 Å². The zero-order valence-electron chi connectivity index (χ0n) is 23.8. The number of nitrogens with one attached hydrogen (secondary N) is 4. The van der Waals surface area contributed by atoms with Gasteiger partial charge in [-0.15, -0.1) is 0 Å². The predicted octanol–water partition coefficient (Wildman–Crippen LogP) is 2.62. The van der Waals surface area contributed by atoms with Crippen molar-refractivity contribution >= 4 is 23.6 Å². The highest BCUT2D eigenvalue weighted by Gasteiger charge is 2.28. The van der Waals surface area contributed by atoms with Gasteiger partial charge in [0, 0.05) is 38.0 Å². The molecule has 1 aliphatic rings. The highest BCUT2D eigenvalue weighted by molar-refractivity contribution is 5.96. The van der Waals surface area contributed by atoms with Crippen LogP contribution < -0.4 is 16.0 Å². The maximum atomic E-state index is 13.4. The lowest BCUT2D eigenvalue weighted by molar-refractivity contribution is -0.123.